The van der Waals surface area contributed by atoms with Gasteiger partial charge in [-0.05, 0) is 54.7 Å². The molecule has 0 saturated heterocycles. The number of benzene rings is 1. The van der Waals surface area contributed by atoms with Gasteiger partial charge >= 0.3 is 0 Å². The first-order valence-electron chi connectivity index (χ1n) is 6.46. The number of aliphatic hydroxyl groups excluding tert-OH is 1. The average molecular weight is 329 g/mol. The third-order valence-corrected chi connectivity index (χ3v) is 4.90. The van der Waals surface area contributed by atoms with Crippen LogP contribution in [0.4, 0.5) is 0 Å². The smallest absolute Gasteiger partial charge is 0.177 e. The molecular weight excluding hydrogens is 315 g/mol. The van der Waals surface area contributed by atoms with Crippen LogP contribution in [0, 0.1) is 4.77 Å². The van der Waals surface area contributed by atoms with Crippen molar-refractivity contribution in [2.45, 2.75) is 31.9 Å². The largest absolute Gasteiger partial charge is 0.390 e. The van der Waals surface area contributed by atoms with Crippen molar-refractivity contribution in [2.75, 3.05) is 0 Å². The van der Waals surface area contributed by atoms with Gasteiger partial charge in [0.1, 0.15) is 0 Å². The molecule has 1 aliphatic carbocycles. The minimum Gasteiger partial charge on any atom is -0.390 e. The summed E-state index contributed by atoms with van der Waals surface area (Å²) < 4.78 is 2.67. The molecule has 1 aliphatic rings. The maximum atomic E-state index is 9.41. The van der Waals surface area contributed by atoms with Gasteiger partial charge < -0.3 is 14.7 Å². The van der Waals surface area contributed by atoms with Gasteiger partial charge in [-0.1, -0.05) is 23.2 Å². The van der Waals surface area contributed by atoms with Gasteiger partial charge in [0.05, 0.1) is 22.3 Å². The highest BCUT2D eigenvalue weighted by molar-refractivity contribution is 7.71. The number of rotatable bonds is 2. The Labute approximate surface area is 132 Å². The summed E-state index contributed by atoms with van der Waals surface area (Å²) in [5.41, 5.74) is 3.29. The molecule has 3 nitrogen and oxygen atoms in total. The lowest BCUT2D eigenvalue weighted by molar-refractivity contribution is 0.263. The lowest BCUT2D eigenvalue weighted by Crippen LogP contribution is -2.20. The standard InChI is InChI=1S/C14H14Cl2N2OS/c15-12-4-8-1-2-10(3-9(8)5-13(12)16)18-11(7-19)6-17-14(18)20/h4-6,10,19H,1-3,7H2,(H,17,20). The fourth-order valence-corrected chi connectivity index (χ4v) is 3.58. The number of hydrogen-bond donors (Lipinski definition) is 2. The summed E-state index contributed by atoms with van der Waals surface area (Å²) in [6, 6.07) is 4.15. The van der Waals surface area contributed by atoms with E-state index in [9.17, 15) is 5.11 Å². The minimum absolute atomic E-state index is 0.0160. The van der Waals surface area contributed by atoms with E-state index in [4.69, 9.17) is 35.4 Å². The summed E-state index contributed by atoms with van der Waals surface area (Å²) >= 11 is 17.5. The van der Waals surface area contributed by atoms with Crippen molar-refractivity contribution in [3.05, 3.63) is 50.0 Å². The van der Waals surface area contributed by atoms with Gasteiger partial charge in [-0.2, -0.15) is 0 Å². The van der Waals surface area contributed by atoms with Crippen LogP contribution in [0.1, 0.15) is 29.3 Å². The SMILES string of the molecule is OCc1c[nH]c(=S)n1C1CCc2cc(Cl)c(Cl)cc2C1. The number of nitrogens with one attached hydrogen (secondary N) is 1. The van der Waals surface area contributed by atoms with Gasteiger partial charge in [-0.25, -0.2) is 0 Å². The van der Waals surface area contributed by atoms with E-state index in [-0.39, 0.29) is 12.6 Å². The van der Waals surface area contributed by atoms with Crippen LogP contribution in [0.25, 0.3) is 0 Å². The summed E-state index contributed by atoms with van der Waals surface area (Å²) in [6.45, 7) is -0.0160. The highest BCUT2D eigenvalue weighted by Crippen LogP contribution is 2.34. The molecule has 1 atom stereocenters. The predicted octanol–water partition coefficient (Wildman–Crippen LogP) is 4.07. The molecule has 1 unspecified atom stereocenters. The quantitative estimate of drug-likeness (QED) is 0.815. The van der Waals surface area contributed by atoms with E-state index in [0.717, 1.165) is 25.0 Å². The number of aliphatic hydroxyl groups is 1. The molecule has 1 heterocycles. The molecule has 0 saturated carbocycles. The molecule has 1 aromatic heterocycles. The summed E-state index contributed by atoms with van der Waals surface area (Å²) in [7, 11) is 0. The van der Waals surface area contributed by atoms with E-state index < -0.39 is 0 Å². The van der Waals surface area contributed by atoms with E-state index in [1.54, 1.807) is 6.20 Å². The van der Waals surface area contributed by atoms with Gasteiger partial charge in [0, 0.05) is 12.2 Å². The third-order valence-electron chi connectivity index (χ3n) is 3.86. The molecular formula is C14H14Cl2N2OS. The lowest BCUT2D eigenvalue weighted by atomic mass is 9.88. The lowest BCUT2D eigenvalue weighted by Gasteiger charge is -2.27. The van der Waals surface area contributed by atoms with Crippen LogP contribution < -0.4 is 0 Å². The molecule has 0 fully saturated rings. The second-order valence-electron chi connectivity index (χ2n) is 5.04. The Morgan fingerprint density at radius 3 is 2.70 bits per heavy atom. The molecule has 0 aliphatic heterocycles. The number of nitrogens with zero attached hydrogens (tertiary/aromatic N) is 1. The van der Waals surface area contributed by atoms with Crippen molar-refractivity contribution in [1.29, 1.82) is 0 Å². The normalized spacial score (nSPS) is 18.1. The first kappa shape index (κ1) is 14.1. The molecule has 2 N–H and O–H groups in total. The molecule has 2 aromatic rings. The molecule has 0 bridgehead atoms. The fourth-order valence-electron chi connectivity index (χ4n) is 2.89. The highest BCUT2D eigenvalue weighted by atomic mass is 35.5. The van der Waals surface area contributed by atoms with E-state index >= 15 is 0 Å². The second kappa shape index (κ2) is 5.53. The summed E-state index contributed by atoms with van der Waals surface area (Å²) in [5.74, 6) is 0. The monoisotopic (exact) mass is 328 g/mol. The number of halogens is 2. The second-order valence-corrected chi connectivity index (χ2v) is 6.25. The zero-order chi connectivity index (χ0) is 14.3. The van der Waals surface area contributed by atoms with Crippen molar-refractivity contribution in [1.82, 2.24) is 9.55 Å². The van der Waals surface area contributed by atoms with Crippen LogP contribution in [0.15, 0.2) is 18.3 Å². The van der Waals surface area contributed by atoms with Crippen molar-refractivity contribution in [2.24, 2.45) is 0 Å². The first-order valence-corrected chi connectivity index (χ1v) is 7.63. The van der Waals surface area contributed by atoms with Crippen LogP contribution >= 0.6 is 35.4 Å². The van der Waals surface area contributed by atoms with Gasteiger partial charge in [0.2, 0.25) is 0 Å². The number of H-pyrrole nitrogens is 1. The summed E-state index contributed by atoms with van der Waals surface area (Å²) in [6.07, 6.45) is 4.54. The molecule has 0 radical (unpaired) electrons. The summed E-state index contributed by atoms with van der Waals surface area (Å²) in [4.78, 5) is 3.00. The number of hydrogen-bond acceptors (Lipinski definition) is 2. The number of imidazole rings is 1. The molecule has 106 valence electrons. The topological polar surface area (TPSA) is 40.9 Å². The maximum absolute atomic E-state index is 9.41. The summed E-state index contributed by atoms with van der Waals surface area (Å²) in [5, 5.41) is 10.6. The van der Waals surface area contributed by atoms with Crippen LogP contribution in [0.3, 0.4) is 0 Å². The Morgan fingerprint density at radius 1 is 1.30 bits per heavy atom. The molecule has 6 heteroatoms. The Kier molecular flexibility index (Phi) is 3.91. The molecule has 0 amide bonds. The predicted molar refractivity (Wildman–Crippen MR) is 83.1 cm³/mol. The highest BCUT2D eigenvalue weighted by Gasteiger charge is 2.23. The first-order chi connectivity index (χ1) is 9.60. The maximum Gasteiger partial charge on any atom is 0.177 e. The number of aryl methyl sites for hydroxylation is 1. The van der Waals surface area contributed by atoms with E-state index in [2.05, 4.69) is 4.98 Å². The molecule has 0 spiro atoms. The fraction of sp³-hybridized carbons (Fsp3) is 0.357. The zero-order valence-electron chi connectivity index (χ0n) is 10.7. The van der Waals surface area contributed by atoms with Crippen molar-refractivity contribution < 1.29 is 5.11 Å². The average Bonchev–Trinajstić information content (AvgIpc) is 2.81. The minimum atomic E-state index is -0.0160. The van der Waals surface area contributed by atoms with Crippen LogP contribution in [0.2, 0.25) is 10.0 Å². The zero-order valence-corrected chi connectivity index (χ0v) is 13.0. The molecule has 20 heavy (non-hydrogen) atoms. The van der Waals surface area contributed by atoms with E-state index in [1.807, 2.05) is 16.7 Å². The van der Waals surface area contributed by atoms with Crippen molar-refractivity contribution >= 4 is 35.4 Å². The van der Waals surface area contributed by atoms with Gasteiger partial charge in [-0.3, -0.25) is 0 Å². The molecule has 1 aromatic carbocycles. The van der Waals surface area contributed by atoms with Gasteiger partial charge in [-0.15, -0.1) is 0 Å². The third kappa shape index (κ3) is 2.42. The van der Waals surface area contributed by atoms with Crippen LogP contribution in [-0.2, 0) is 19.4 Å². The van der Waals surface area contributed by atoms with Gasteiger partial charge in [0.25, 0.3) is 0 Å². The van der Waals surface area contributed by atoms with Crippen molar-refractivity contribution in [3.63, 3.8) is 0 Å². The van der Waals surface area contributed by atoms with Crippen LogP contribution in [0.5, 0.6) is 0 Å². The molecule has 3 rings (SSSR count). The number of aromatic nitrogens is 2. The van der Waals surface area contributed by atoms with Crippen molar-refractivity contribution in [3.8, 4) is 0 Å². The number of fused-ring (bicyclic) bond motifs is 1. The van der Waals surface area contributed by atoms with E-state index in [1.165, 1.54) is 11.1 Å². The Morgan fingerprint density at radius 2 is 2.00 bits per heavy atom. The van der Waals surface area contributed by atoms with E-state index in [0.29, 0.717) is 14.8 Å². The van der Waals surface area contributed by atoms with Crippen LogP contribution in [-0.4, -0.2) is 14.7 Å². The Balaban J connectivity index is 1.98. The Bertz CT molecular complexity index is 708. The van der Waals surface area contributed by atoms with Gasteiger partial charge in [0.15, 0.2) is 4.77 Å². The Hall–Kier alpha value is -0.810. The number of aromatic amines is 1.